The zero-order valence-electron chi connectivity index (χ0n) is 15.3. The van der Waals surface area contributed by atoms with Crippen LogP contribution in [0.4, 0.5) is 0 Å². The summed E-state index contributed by atoms with van der Waals surface area (Å²) in [5.41, 5.74) is 6.99. The number of carbonyl (C=O) groups excluding carboxylic acids is 1. The number of benzene rings is 1. The van der Waals surface area contributed by atoms with Crippen LogP contribution in [-0.2, 0) is 16.0 Å². The Bertz CT molecular complexity index is 480. The molecule has 0 heterocycles. The molecule has 0 aliphatic heterocycles. The summed E-state index contributed by atoms with van der Waals surface area (Å²) in [7, 11) is 1.37. The summed E-state index contributed by atoms with van der Waals surface area (Å²) in [5, 5.41) is 0. The van der Waals surface area contributed by atoms with E-state index in [4.69, 9.17) is 19.9 Å². The van der Waals surface area contributed by atoms with Crippen molar-refractivity contribution >= 4 is 5.97 Å². The molecule has 0 spiro atoms. The third kappa shape index (κ3) is 6.04. The molecule has 136 valence electrons. The summed E-state index contributed by atoms with van der Waals surface area (Å²) < 4.78 is 16.2. The summed E-state index contributed by atoms with van der Waals surface area (Å²) >= 11 is 0. The van der Waals surface area contributed by atoms with Crippen molar-refractivity contribution < 1.29 is 19.0 Å². The Morgan fingerprint density at radius 1 is 1.12 bits per heavy atom. The molecule has 0 aliphatic carbocycles. The first kappa shape index (κ1) is 20.3. The Labute approximate surface area is 145 Å². The van der Waals surface area contributed by atoms with Gasteiger partial charge in [0.1, 0.15) is 17.5 Å². The predicted molar refractivity (Wildman–Crippen MR) is 95.5 cm³/mol. The zero-order valence-corrected chi connectivity index (χ0v) is 15.3. The standard InChI is InChI=1S/C19H31NO4/c1-5-14(13-16(20)19(21)22-4)11-12-15-17(23-6-2)9-8-10-18(15)24-7-3/h8-10,14,16H,5-7,11-13,20H2,1-4H3. The van der Waals surface area contributed by atoms with Gasteiger partial charge >= 0.3 is 5.97 Å². The van der Waals surface area contributed by atoms with Crippen LogP contribution in [0, 0.1) is 5.92 Å². The third-order valence-electron chi connectivity index (χ3n) is 4.16. The highest BCUT2D eigenvalue weighted by atomic mass is 16.5. The topological polar surface area (TPSA) is 70.8 Å². The molecule has 1 aromatic rings. The summed E-state index contributed by atoms with van der Waals surface area (Å²) in [6, 6.07) is 5.34. The van der Waals surface area contributed by atoms with E-state index >= 15 is 0 Å². The van der Waals surface area contributed by atoms with Crippen LogP contribution in [0.25, 0.3) is 0 Å². The number of nitrogens with two attached hydrogens (primary N) is 1. The van der Waals surface area contributed by atoms with Crippen molar-refractivity contribution in [3.05, 3.63) is 23.8 Å². The van der Waals surface area contributed by atoms with Crippen LogP contribution in [0.5, 0.6) is 11.5 Å². The van der Waals surface area contributed by atoms with Gasteiger partial charge in [-0.15, -0.1) is 0 Å². The first-order valence-electron chi connectivity index (χ1n) is 8.78. The third-order valence-corrected chi connectivity index (χ3v) is 4.16. The number of hydrogen-bond donors (Lipinski definition) is 1. The number of hydrogen-bond acceptors (Lipinski definition) is 5. The van der Waals surface area contributed by atoms with Crippen LogP contribution >= 0.6 is 0 Å². The first-order valence-corrected chi connectivity index (χ1v) is 8.78. The molecule has 0 radical (unpaired) electrons. The lowest BCUT2D eigenvalue weighted by atomic mass is 9.90. The summed E-state index contributed by atoms with van der Waals surface area (Å²) in [4.78, 5) is 11.5. The molecule has 0 saturated carbocycles. The van der Waals surface area contributed by atoms with E-state index in [9.17, 15) is 4.79 Å². The Morgan fingerprint density at radius 3 is 2.17 bits per heavy atom. The minimum atomic E-state index is -0.562. The summed E-state index contributed by atoms with van der Waals surface area (Å²) in [6.45, 7) is 7.30. The largest absolute Gasteiger partial charge is 0.493 e. The smallest absolute Gasteiger partial charge is 0.322 e. The van der Waals surface area contributed by atoms with E-state index in [-0.39, 0.29) is 5.97 Å². The van der Waals surface area contributed by atoms with Gasteiger partial charge in [0.15, 0.2) is 0 Å². The highest BCUT2D eigenvalue weighted by Gasteiger charge is 2.20. The fourth-order valence-corrected chi connectivity index (χ4v) is 2.82. The van der Waals surface area contributed by atoms with Crippen molar-refractivity contribution in [2.45, 2.75) is 52.5 Å². The van der Waals surface area contributed by atoms with Gasteiger partial charge in [-0.1, -0.05) is 19.4 Å². The minimum Gasteiger partial charge on any atom is -0.493 e. The second-order valence-electron chi connectivity index (χ2n) is 5.78. The van der Waals surface area contributed by atoms with Gasteiger partial charge in [-0.2, -0.15) is 0 Å². The van der Waals surface area contributed by atoms with Gasteiger partial charge in [-0.3, -0.25) is 4.79 Å². The molecule has 1 aromatic carbocycles. The van der Waals surface area contributed by atoms with E-state index in [1.807, 2.05) is 32.0 Å². The van der Waals surface area contributed by atoms with E-state index in [0.29, 0.717) is 25.6 Å². The molecule has 2 atom stereocenters. The van der Waals surface area contributed by atoms with Crippen molar-refractivity contribution in [1.82, 2.24) is 0 Å². The molecule has 2 N–H and O–H groups in total. The van der Waals surface area contributed by atoms with Crippen LogP contribution in [-0.4, -0.2) is 32.3 Å². The van der Waals surface area contributed by atoms with Crippen molar-refractivity contribution in [1.29, 1.82) is 0 Å². The van der Waals surface area contributed by atoms with Crippen molar-refractivity contribution in [3.8, 4) is 11.5 Å². The van der Waals surface area contributed by atoms with Gasteiger partial charge in [-0.25, -0.2) is 0 Å². The number of esters is 1. The number of methoxy groups -OCH3 is 1. The van der Waals surface area contributed by atoms with Gasteiger partial charge in [0.05, 0.1) is 20.3 Å². The van der Waals surface area contributed by atoms with Crippen LogP contribution < -0.4 is 15.2 Å². The minimum absolute atomic E-state index is 0.349. The monoisotopic (exact) mass is 337 g/mol. The molecule has 24 heavy (non-hydrogen) atoms. The number of rotatable bonds is 11. The Kier molecular flexibility index (Phi) is 9.23. The highest BCUT2D eigenvalue weighted by molar-refractivity contribution is 5.75. The SMILES string of the molecule is CCOc1cccc(OCC)c1CCC(CC)CC(N)C(=O)OC. The van der Waals surface area contributed by atoms with Crippen LogP contribution in [0.2, 0.25) is 0 Å². The lowest BCUT2D eigenvalue weighted by Crippen LogP contribution is -2.33. The van der Waals surface area contributed by atoms with Gasteiger partial charge in [0.2, 0.25) is 0 Å². The van der Waals surface area contributed by atoms with E-state index in [1.165, 1.54) is 7.11 Å². The van der Waals surface area contributed by atoms with E-state index < -0.39 is 6.04 Å². The van der Waals surface area contributed by atoms with Crippen molar-refractivity contribution in [2.24, 2.45) is 11.7 Å². The Balaban J connectivity index is 2.80. The lowest BCUT2D eigenvalue weighted by molar-refractivity contribution is -0.142. The lowest BCUT2D eigenvalue weighted by Gasteiger charge is -2.20. The van der Waals surface area contributed by atoms with Gasteiger partial charge in [0.25, 0.3) is 0 Å². The van der Waals surface area contributed by atoms with E-state index in [1.54, 1.807) is 0 Å². The zero-order chi connectivity index (χ0) is 17.9. The molecule has 0 saturated heterocycles. The number of ether oxygens (including phenoxy) is 3. The van der Waals surface area contributed by atoms with Gasteiger partial charge in [0, 0.05) is 5.56 Å². The molecule has 5 heteroatoms. The van der Waals surface area contributed by atoms with Crippen molar-refractivity contribution in [3.63, 3.8) is 0 Å². The maximum Gasteiger partial charge on any atom is 0.322 e. The predicted octanol–water partition coefficient (Wildman–Crippen LogP) is 3.33. The molecule has 2 unspecified atom stereocenters. The van der Waals surface area contributed by atoms with Gasteiger partial charge < -0.3 is 19.9 Å². The molecule has 0 amide bonds. The van der Waals surface area contributed by atoms with Crippen molar-refractivity contribution in [2.75, 3.05) is 20.3 Å². The molecular formula is C19H31NO4. The molecular weight excluding hydrogens is 306 g/mol. The average molecular weight is 337 g/mol. The average Bonchev–Trinajstić information content (AvgIpc) is 2.59. The Morgan fingerprint density at radius 2 is 1.71 bits per heavy atom. The van der Waals surface area contributed by atoms with Crippen LogP contribution in [0.1, 0.15) is 45.6 Å². The maximum absolute atomic E-state index is 11.5. The fraction of sp³-hybridized carbons (Fsp3) is 0.632. The summed E-state index contributed by atoms with van der Waals surface area (Å²) in [6.07, 6.45) is 3.35. The van der Waals surface area contributed by atoms with E-state index in [0.717, 1.165) is 36.3 Å². The van der Waals surface area contributed by atoms with E-state index in [2.05, 4.69) is 6.92 Å². The maximum atomic E-state index is 11.5. The molecule has 0 aromatic heterocycles. The molecule has 5 nitrogen and oxygen atoms in total. The normalized spacial score (nSPS) is 13.2. The molecule has 0 fully saturated rings. The van der Waals surface area contributed by atoms with Crippen LogP contribution in [0.15, 0.2) is 18.2 Å². The molecule has 1 rings (SSSR count). The Hall–Kier alpha value is -1.75. The second-order valence-corrected chi connectivity index (χ2v) is 5.78. The molecule has 0 bridgehead atoms. The number of carbonyl (C=O) groups is 1. The first-order chi connectivity index (χ1) is 11.6. The van der Waals surface area contributed by atoms with Crippen LogP contribution in [0.3, 0.4) is 0 Å². The fourth-order valence-electron chi connectivity index (χ4n) is 2.82. The molecule has 0 aliphatic rings. The highest BCUT2D eigenvalue weighted by Crippen LogP contribution is 2.32. The summed E-state index contributed by atoms with van der Waals surface area (Å²) in [5.74, 6) is 1.74. The second kappa shape index (κ2) is 10.9. The quantitative estimate of drug-likeness (QED) is 0.627. The van der Waals surface area contributed by atoms with Gasteiger partial charge in [-0.05, 0) is 51.2 Å².